The normalized spacial score (nSPS) is 11.5. The third kappa shape index (κ3) is 5.77. The predicted octanol–water partition coefficient (Wildman–Crippen LogP) is 3.61. The van der Waals surface area contributed by atoms with E-state index in [-0.39, 0.29) is 17.2 Å². The first-order chi connectivity index (χ1) is 14.6. The van der Waals surface area contributed by atoms with Crippen LogP contribution in [0.2, 0.25) is 0 Å². The third-order valence-corrected chi connectivity index (χ3v) is 4.48. The van der Waals surface area contributed by atoms with Gasteiger partial charge in [0.25, 0.3) is 5.56 Å². The molecule has 0 aliphatic heterocycles. The summed E-state index contributed by atoms with van der Waals surface area (Å²) in [5.41, 5.74) is 4.47. The number of benzene rings is 2. The molecule has 0 saturated heterocycles. The van der Waals surface area contributed by atoms with Gasteiger partial charge in [-0.25, -0.2) is 5.43 Å². The van der Waals surface area contributed by atoms with Crippen molar-refractivity contribution in [2.45, 2.75) is 6.42 Å². The predicted molar refractivity (Wildman–Crippen MR) is 120 cm³/mol. The average Bonchev–Trinajstić information content (AvgIpc) is 2.76. The number of halogens is 1. The van der Waals surface area contributed by atoms with Gasteiger partial charge in [0.1, 0.15) is 5.69 Å². The summed E-state index contributed by atoms with van der Waals surface area (Å²) >= 11 is 3.42. The van der Waals surface area contributed by atoms with Crippen LogP contribution in [0.1, 0.15) is 16.8 Å². The number of aromatic nitrogens is 3. The number of anilines is 1. The smallest absolute Gasteiger partial charge is 0.274 e. The number of ether oxygens (including phenoxy) is 2. The van der Waals surface area contributed by atoms with Crippen LogP contribution in [0.15, 0.2) is 62.9 Å². The summed E-state index contributed by atoms with van der Waals surface area (Å²) in [5.74, 6) is 1.35. The van der Waals surface area contributed by atoms with Crippen molar-refractivity contribution in [2.75, 3.05) is 19.6 Å². The summed E-state index contributed by atoms with van der Waals surface area (Å²) in [4.78, 5) is 15.0. The molecule has 0 atom stereocenters. The van der Waals surface area contributed by atoms with Crippen LogP contribution in [0.3, 0.4) is 0 Å². The van der Waals surface area contributed by atoms with E-state index in [1.807, 2.05) is 42.5 Å². The first-order valence-corrected chi connectivity index (χ1v) is 9.76. The van der Waals surface area contributed by atoms with E-state index in [1.54, 1.807) is 32.6 Å². The van der Waals surface area contributed by atoms with Gasteiger partial charge in [-0.15, -0.1) is 10.2 Å². The Morgan fingerprint density at radius 2 is 1.90 bits per heavy atom. The Kier molecular flexibility index (Phi) is 7.34. The Bertz CT molecular complexity index is 1110. The monoisotopic (exact) mass is 469 g/mol. The van der Waals surface area contributed by atoms with Crippen LogP contribution in [0.4, 0.5) is 5.95 Å². The van der Waals surface area contributed by atoms with Gasteiger partial charge >= 0.3 is 0 Å². The second-order valence-electron chi connectivity index (χ2n) is 6.13. The van der Waals surface area contributed by atoms with E-state index in [2.05, 4.69) is 41.6 Å². The minimum Gasteiger partial charge on any atom is -0.493 e. The first kappa shape index (κ1) is 21.3. The highest BCUT2D eigenvalue weighted by molar-refractivity contribution is 9.12. The Hall–Kier alpha value is -3.46. The van der Waals surface area contributed by atoms with Crippen molar-refractivity contribution in [3.8, 4) is 11.5 Å². The molecule has 0 saturated carbocycles. The largest absolute Gasteiger partial charge is 0.493 e. The highest BCUT2D eigenvalue weighted by atomic mass is 79.9. The van der Waals surface area contributed by atoms with Gasteiger partial charge < -0.3 is 9.47 Å². The summed E-state index contributed by atoms with van der Waals surface area (Å²) in [5, 5.41) is 12.0. The van der Waals surface area contributed by atoms with E-state index in [0.717, 1.165) is 15.6 Å². The number of aromatic amines is 1. The van der Waals surface area contributed by atoms with Crippen LogP contribution in [-0.4, -0.2) is 35.6 Å². The molecule has 2 aromatic carbocycles. The maximum atomic E-state index is 12.3. The van der Waals surface area contributed by atoms with Gasteiger partial charge in [-0.3, -0.25) is 9.78 Å². The molecule has 0 amide bonds. The minimum absolute atomic E-state index is 0.146. The molecule has 9 heteroatoms. The molecular formula is C21H20BrN5O3. The highest BCUT2D eigenvalue weighted by Crippen LogP contribution is 2.28. The SMILES string of the molecule is COc1ccc(Cc2nnc(NN=CC(Br)=Cc3ccccc3)[nH]c2=O)cc1OC. The highest BCUT2D eigenvalue weighted by Gasteiger charge is 2.09. The average molecular weight is 470 g/mol. The molecule has 0 bridgehead atoms. The quantitative estimate of drug-likeness (QED) is 0.385. The van der Waals surface area contributed by atoms with Crippen molar-refractivity contribution >= 4 is 34.2 Å². The summed E-state index contributed by atoms with van der Waals surface area (Å²) in [7, 11) is 3.13. The van der Waals surface area contributed by atoms with Crippen molar-refractivity contribution in [1.29, 1.82) is 0 Å². The number of hydrazone groups is 1. The van der Waals surface area contributed by atoms with Gasteiger partial charge in [-0.05, 0) is 45.3 Å². The number of allylic oxidation sites excluding steroid dienone is 1. The maximum absolute atomic E-state index is 12.3. The zero-order chi connectivity index (χ0) is 21.3. The molecule has 3 aromatic rings. The van der Waals surface area contributed by atoms with Gasteiger partial charge in [-0.2, -0.15) is 5.10 Å². The van der Waals surface area contributed by atoms with Crippen LogP contribution < -0.4 is 20.5 Å². The Labute approximate surface area is 181 Å². The standard InChI is InChI=1S/C21H20BrN5O3/c1-29-18-9-8-15(12-19(18)30-2)11-17-20(28)24-21(27-25-17)26-23-13-16(22)10-14-6-4-3-5-7-14/h3-10,12-13H,11H2,1-2H3,(H2,24,26,27,28). The molecule has 1 heterocycles. The lowest BCUT2D eigenvalue weighted by atomic mass is 10.1. The molecule has 0 fully saturated rings. The molecule has 3 rings (SSSR count). The van der Waals surface area contributed by atoms with Gasteiger partial charge in [0.2, 0.25) is 5.95 Å². The fourth-order valence-corrected chi connectivity index (χ4v) is 2.98. The van der Waals surface area contributed by atoms with Crippen LogP contribution in [0.5, 0.6) is 11.5 Å². The molecule has 0 aliphatic rings. The summed E-state index contributed by atoms with van der Waals surface area (Å²) < 4.78 is 11.3. The fourth-order valence-electron chi connectivity index (χ4n) is 2.61. The van der Waals surface area contributed by atoms with E-state index in [0.29, 0.717) is 17.9 Å². The zero-order valence-corrected chi connectivity index (χ0v) is 18.0. The molecule has 0 aliphatic carbocycles. The second-order valence-corrected chi connectivity index (χ2v) is 7.04. The maximum Gasteiger partial charge on any atom is 0.274 e. The number of hydrogen-bond donors (Lipinski definition) is 2. The van der Waals surface area contributed by atoms with Crippen LogP contribution in [-0.2, 0) is 6.42 Å². The molecule has 0 radical (unpaired) electrons. The van der Waals surface area contributed by atoms with E-state index >= 15 is 0 Å². The summed E-state index contributed by atoms with van der Waals surface area (Å²) in [6.45, 7) is 0. The topological polar surface area (TPSA) is 101 Å². The lowest BCUT2D eigenvalue weighted by molar-refractivity contribution is 0.354. The number of nitrogens with one attached hydrogen (secondary N) is 2. The van der Waals surface area contributed by atoms with Crippen molar-refractivity contribution < 1.29 is 9.47 Å². The summed E-state index contributed by atoms with van der Waals surface area (Å²) in [6, 6.07) is 15.2. The zero-order valence-electron chi connectivity index (χ0n) is 16.4. The second kappa shape index (κ2) is 10.4. The lowest BCUT2D eigenvalue weighted by Crippen LogP contribution is -2.18. The van der Waals surface area contributed by atoms with E-state index < -0.39 is 0 Å². The van der Waals surface area contributed by atoms with Crippen molar-refractivity contribution in [3.05, 3.63) is 80.2 Å². The van der Waals surface area contributed by atoms with Crippen molar-refractivity contribution in [2.24, 2.45) is 5.10 Å². The fraction of sp³-hybridized carbons (Fsp3) is 0.143. The number of H-pyrrole nitrogens is 1. The van der Waals surface area contributed by atoms with Crippen LogP contribution >= 0.6 is 15.9 Å². The Morgan fingerprint density at radius 3 is 2.60 bits per heavy atom. The van der Waals surface area contributed by atoms with Gasteiger partial charge in [-0.1, -0.05) is 36.4 Å². The summed E-state index contributed by atoms with van der Waals surface area (Å²) in [6.07, 6.45) is 3.77. The lowest BCUT2D eigenvalue weighted by Gasteiger charge is -2.09. The molecule has 1 aromatic heterocycles. The van der Waals surface area contributed by atoms with Gasteiger partial charge in [0.05, 0.1) is 20.4 Å². The number of hydrogen-bond acceptors (Lipinski definition) is 7. The Balaban J connectivity index is 1.65. The molecule has 8 nitrogen and oxygen atoms in total. The molecule has 30 heavy (non-hydrogen) atoms. The molecular weight excluding hydrogens is 450 g/mol. The van der Waals surface area contributed by atoms with E-state index in [4.69, 9.17) is 9.47 Å². The van der Waals surface area contributed by atoms with Crippen LogP contribution in [0.25, 0.3) is 6.08 Å². The van der Waals surface area contributed by atoms with Gasteiger partial charge in [0, 0.05) is 10.9 Å². The van der Waals surface area contributed by atoms with E-state index in [9.17, 15) is 4.79 Å². The molecule has 2 N–H and O–H groups in total. The molecule has 154 valence electrons. The number of nitrogens with zero attached hydrogens (tertiary/aromatic N) is 3. The first-order valence-electron chi connectivity index (χ1n) is 8.97. The van der Waals surface area contributed by atoms with Crippen molar-refractivity contribution in [3.63, 3.8) is 0 Å². The number of methoxy groups -OCH3 is 2. The van der Waals surface area contributed by atoms with Crippen molar-refractivity contribution in [1.82, 2.24) is 15.2 Å². The molecule has 0 spiro atoms. The minimum atomic E-state index is -0.351. The van der Waals surface area contributed by atoms with Gasteiger partial charge in [0.15, 0.2) is 11.5 Å². The van der Waals surface area contributed by atoms with Crippen LogP contribution in [0, 0.1) is 0 Å². The van der Waals surface area contributed by atoms with E-state index in [1.165, 1.54) is 0 Å². The molecule has 0 unspecified atom stereocenters. The number of rotatable bonds is 8. The third-order valence-electron chi connectivity index (χ3n) is 4.05. The Morgan fingerprint density at radius 1 is 1.13 bits per heavy atom.